The van der Waals surface area contributed by atoms with Gasteiger partial charge >= 0.3 is 0 Å². The van der Waals surface area contributed by atoms with Gasteiger partial charge in [0.1, 0.15) is 0 Å². The lowest BCUT2D eigenvalue weighted by molar-refractivity contribution is 0.839. The van der Waals surface area contributed by atoms with Crippen molar-refractivity contribution in [2.75, 3.05) is 0 Å². The molecule has 1 aliphatic carbocycles. The van der Waals surface area contributed by atoms with Crippen molar-refractivity contribution in [3.8, 4) is 0 Å². The van der Waals surface area contributed by atoms with Crippen molar-refractivity contribution in [1.29, 1.82) is 0 Å². The zero-order valence-corrected chi connectivity index (χ0v) is 6.80. The zero-order valence-electron chi connectivity index (χ0n) is 6.80. The van der Waals surface area contributed by atoms with Crippen LogP contribution in [0.3, 0.4) is 0 Å². The molecule has 0 atom stereocenters. The first-order valence-electron chi connectivity index (χ1n) is 4.14. The molecule has 1 aromatic rings. The number of hydrogen-bond acceptors (Lipinski definition) is 0. The molecule has 2 rings (SSSR count). The molecule has 0 spiro atoms. The minimum Gasteiger partial charge on any atom is -0.0871 e. The van der Waals surface area contributed by atoms with Crippen LogP contribution in [0.5, 0.6) is 0 Å². The molecule has 0 unspecified atom stereocenters. The van der Waals surface area contributed by atoms with E-state index in [1.54, 1.807) is 11.1 Å². The molecule has 0 radical (unpaired) electrons. The molecule has 0 heteroatoms. The van der Waals surface area contributed by atoms with E-state index in [1.807, 2.05) is 0 Å². The third-order valence-electron chi connectivity index (χ3n) is 2.25. The quantitative estimate of drug-likeness (QED) is 0.568. The zero-order chi connectivity index (χ0) is 7.68. The fraction of sp³-hybridized carbons (Fsp3) is 0.273. The Morgan fingerprint density at radius 2 is 2.00 bits per heavy atom. The number of hydrogen-bond donors (Lipinski definition) is 0. The van der Waals surface area contributed by atoms with Gasteiger partial charge in [-0.15, -0.1) is 0 Å². The Balaban J connectivity index is 2.38. The van der Waals surface area contributed by atoms with E-state index in [2.05, 4.69) is 37.3 Å². The molecule has 1 aliphatic rings. The highest BCUT2D eigenvalue weighted by molar-refractivity contribution is 5.53. The number of aryl methyl sites for hydroxylation is 2. The molecular weight excluding hydrogens is 132 g/mol. The Morgan fingerprint density at radius 1 is 1.18 bits per heavy atom. The van der Waals surface area contributed by atoms with Crippen molar-refractivity contribution < 1.29 is 0 Å². The lowest BCUT2D eigenvalue weighted by Crippen LogP contribution is -2.07. The topological polar surface area (TPSA) is 0 Å². The van der Waals surface area contributed by atoms with Gasteiger partial charge < -0.3 is 0 Å². The highest BCUT2D eigenvalue weighted by Crippen LogP contribution is 2.23. The van der Waals surface area contributed by atoms with Gasteiger partial charge in [-0.3, -0.25) is 0 Å². The van der Waals surface area contributed by atoms with E-state index in [1.165, 1.54) is 18.4 Å². The predicted octanol–water partition coefficient (Wildman–Crippen LogP) is 2.82. The standard InChI is InChI=1S/C11H12/c1-2-3-9-4-5-10-6-7-11(10)8-9/h2-5,8H,6-7H2,1H3/b3-2-. The molecule has 56 valence electrons. The average molecular weight is 144 g/mol. The first-order chi connectivity index (χ1) is 5.40. The summed E-state index contributed by atoms with van der Waals surface area (Å²) in [7, 11) is 0. The molecule has 0 aliphatic heterocycles. The van der Waals surface area contributed by atoms with Gasteiger partial charge in [0.15, 0.2) is 0 Å². The molecule has 1 aromatic carbocycles. The summed E-state index contributed by atoms with van der Waals surface area (Å²) in [5.41, 5.74) is 4.42. The first kappa shape index (κ1) is 6.66. The van der Waals surface area contributed by atoms with Gasteiger partial charge in [-0.25, -0.2) is 0 Å². The molecule has 0 aromatic heterocycles. The lowest BCUT2D eigenvalue weighted by atomic mass is 9.87. The van der Waals surface area contributed by atoms with Crippen molar-refractivity contribution in [1.82, 2.24) is 0 Å². The Labute approximate surface area is 67.6 Å². The van der Waals surface area contributed by atoms with Crippen molar-refractivity contribution in [3.05, 3.63) is 41.0 Å². The molecule has 0 heterocycles. The van der Waals surface area contributed by atoms with Gasteiger partial charge in [-0.2, -0.15) is 0 Å². The van der Waals surface area contributed by atoms with Crippen LogP contribution in [-0.4, -0.2) is 0 Å². The minimum atomic E-state index is 1.28. The Morgan fingerprint density at radius 3 is 2.55 bits per heavy atom. The summed E-state index contributed by atoms with van der Waals surface area (Å²) >= 11 is 0. The molecule has 0 fully saturated rings. The third-order valence-corrected chi connectivity index (χ3v) is 2.25. The van der Waals surface area contributed by atoms with Crippen LogP contribution in [0.4, 0.5) is 0 Å². The molecule has 0 saturated heterocycles. The lowest BCUT2D eigenvalue weighted by Gasteiger charge is -2.18. The van der Waals surface area contributed by atoms with Gasteiger partial charge in [-0.05, 0) is 36.5 Å². The summed E-state index contributed by atoms with van der Waals surface area (Å²) in [6.07, 6.45) is 6.80. The van der Waals surface area contributed by atoms with E-state index in [0.717, 1.165) is 0 Å². The van der Waals surface area contributed by atoms with Gasteiger partial charge in [0, 0.05) is 0 Å². The second-order valence-corrected chi connectivity index (χ2v) is 3.03. The first-order valence-corrected chi connectivity index (χ1v) is 4.14. The third kappa shape index (κ3) is 1.09. The van der Waals surface area contributed by atoms with Crippen molar-refractivity contribution in [2.45, 2.75) is 19.8 Å². The monoisotopic (exact) mass is 144 g/mol. The second kappa shape index (κ2) is 2.54. The summed E-state index contributed by atoms with van der Waals surface area (Å²) in [6.45, 7) is 2.05. The molecule has 0 nitrogen and oxygen atoms in total. The van der Waals surface area contributed by atoms with Crippen LogP contribution in [-0.2, 0) is 12.8 Å². The van der Waals surface area contributed by atoms with Crippen LogP contribution in [0.2, 0.25) is 0 Å². The van der Waals surface area contributed by atoms with Crippen LogP contribution < -0.4 is 0 Å². The van der Waals surface area contributed by atoms with Crippen LogP contribution in [0, 0.1) is 0 Å². The molecule has 0 N–H and O–H groups in total. The Hall–Kier alpha value is -1.04. The minimum absolute atomic E-state index is 1.28. The van der Waals surface area contributed by atoms with Gasteiger partial charge in [-0.1, -0.05) is 30.4 Å². The van der Waals surface area contributed by atoms with Crippen molar-refractivity contribution >= 4 is 6.08 Å². The summed E-state index contributed by atoms with van der Waals surface area (Å²) in [5.74, 6) is 0. The molecule has 11 heavy (non-hydrogen) atoms. The highest BCUT2D eigenvalue weighted by atomic mass is 14.2. The van der Waals surface area contributed by atoms with Gasteiger partial charge in [0.05, 0.1) is 0 Å². The fourth-order valence-electron chi connectivity index (χ4n) is 1.51. The maximum absolute atomic E-state index is 2.29. The van der Waals surface area contributed by atoms with E-state index in [-0.39, 0.29) is 0 Å². The number of fused-ring (bicyclic) bond motifs is 1. The number of allylic oxidation sites excluding steroid dienone is 1. The van der Waals surface area contributed by atoms with E-state index in [4.69, 9.17) is 0 Å². The maximum Gasteiger partial charge on any atom is -0.0235 e. The summed E-state index contributed by atoms with van der Waals surface area (Å²) in [6, 6.07) is 6.73. The summed E-state index contributed by atoms with van der Waals surface area (Å²) < 4.78 is 0. The van der Waals surface area contributed by atoms with Crippen molar-refractivity contribution in [3.63, 3.8) is 0 Å². The Bertz CT molecular complexity index is 295. The summed E-state index contributed by atoms with van der Waals surface area (Å²) in [4.78, 5) is 0. The molecule has 0 bridgehead atoms. The van der Waals surface area contributed by atoms with Gasteiger partial charge in [0.25, 0.3) is 0 Å². The number of benzene rings is 1. The normalized spacial score (nSPS) is 14.6. The molecule has 0 saturated carbocycles. The van der Waals surface area contributed by atoms with Crippen LogP contribution >= 0.6 is 0 Å². The smallest absolute Gasteiger partial charge is 0.0235 e. The second-order valence-electron chi connectivity index (χ2n) is 3.03. The molecular formula is C11H12. The largest absolute Gasteiger partial charge is 0.0871 e. The van der Waals surface area contributed by atoms with E-state index in [9.17, 15) is 0 Å². The van der Waals surface area contributed by atoms with E-state index in [0.29, 0.717) is 0 Å². The van der Waals surface area contributed by atoms with Crippen LogP contribution in [0.25, 0.3) is 6.08 Å². The van der Waals surface area contributed by atoms with Crippen LogP contribution in [0.1, 0.15) is 23.6 Å². The van der Waals surface area contributed by atoms with E-state index < -0.39 is 0 Å². The molecule has 0 amide bonds. The van der Waals surface area contributed by atoms with Crippen LogP contribution in [0.15, 0.2) is 24.3 Å². The fourth-order valence-corrected chi connectivity index (χ4v) is 1.51. The van der Waals surface area contributed by atoms with E-state index >= 15 is 0 Å². The maximum atomic E-state index is 2.29. The summed E-state index contributed by atoms with van der Waals surface area (Å²) in [5, 5.41) is 0. The SMILES string of the molecule is C/C=C\c1ccc2c(c1)CC2. The number of rotatable bonds is 1. The van der Waals surface area contributed by atoms with Gasteiger partial charge in [0.2, 0.25) is 0 Å². The predicted molar refractivity (Wildman–Crippen MR) is 48.6 cm³/mol. The van der Waals surface area contributed by atoms with Crippen molar-refractivity contribution in [2.24, 2.45) is 0 Å². The highest BCUT2D eigenvalue weighted by Gasteiger charge is 2.11. The average Bonchev–Trinajstić information content (AvgIpc) is 1.96. The Kier molecular flexibility index (Phi) is 1.54.